The SMILES string of the molecule is CNS(=O)(=O)c1ccc(-n2cc(B3OC(C)(C)C(C)(C)O3)cn2)cc1. The van der Waals surface area contributed by atoms with Crippen molar-refractivity contribution in [2.45, 2.75) is 43.8 Å². The zero-order valence-corrected chi connectivity index (χ0v) is 15.8. The number of hydrogen-bond donors (Lipinski definition) is 1. The first kappa shape index (κ1) is 18.1. The van der Waals surface area contributed by atoms with Gasteiger partial charge in [0.05, 0.1) is 21.8 Å². The molecular weight excluding hydrogens is 341 g/mol. The number of nitrogens with one attached hydrogen (secondary N) is 1. The molecule has 9 heteroatoms. The molecule has 134 valence electrons. The minimum atomic E-state index is -3.45. The third kappa shape index (κ3) is 3.24. The predicted molar refractivity (Wildman–Crippen MR) is 95.5 cm³/mol. The molecule has 25 heavy (non-hydrogen) atoms. The molecule has 0 saturated carbocycles. The fourth-order valence-corrected chi connectivity index (χ4v) is 3.20. The van der Waals surface area contributed by atoms with Gasteiger partial charge in [-0.15, -0.1) is 0 Å². The fraction of sp³-hybridized carbons (Fsp3) is 0.438. The highest BCUT2D eigenvalue weighted by Crippen LogP contribution is 2.36. The molecule has 0 aliphatic carbocycles. The zero-order valence-electron chi connectivity index (χ0n) is 15.0. The number of sulfonamides is 1. The van der Waals surface area contributed by atoms with E-state index in [9.17, 15) is 8.42 Å². The van der Waals surface area contributed by atoms with Gasteiger partial charge in [0.2, 0.25) is 10.0 Å². The van der Waals surface area contributed by atoms with Crippen LogP contribution in [0.3, 0.4) is 0 Å². The van der Waals surface area contributed by atoms with Crippen LogP contribution in [0.5, 0.6) is 0 Å². The summed E-state index contributed by atoms with van der Waals surface area (Å²) in [4.78, 5) is 0.206. The van der Waals surface area contributed by atoms with E-state index in [0.717, 1.165) is 11.2 Å². The quantitative estimate of drug-likeness (QED) is 0.822. The van der Waals surface area contributed by atoms with Crippen molar-refractivity contribution in [2.75, 3.05) is 7.05 Å². The first-order valence-corrected chi connectivity index (χ1v) is 9.48. The van der Waals surface area contributed by atoms with E-state index < -0.39 is 28.3 Å². The van der Waals surface area contributed by atoms with Gasteiger partial charge in [-0.2, -0.15) is 5.10 Å². The number of nitrogens with zero attached hydrogens (tertiary/aromatic N) is 2. The van der Waals surface area contributed by atoms with E-state index >= 15 is 0 Å². The summed E-state index contributed by atoms with van der Waals surface area (Å²) in [5.41, 5.74) is 0.731. The molecule has 1 aromatic heterocycles. The number of rotatable bonds is 4. The molecule has 2 heterocycles. The van der Waals surface area contributed by atoms with Crippen molar-refractivity contribution in [1.29, 1.82) is 0 Å². The Morgan fingerprint density at radius 3 is 2.16 bits per heavy atom. The molecule has 1 N–H and O–H groups in total. The van der Waals surface area contributed by atoms with E-state index in [1.54, 1.807) is 23.0 Å². The average molecular weight is 363 g/mol. The first-order chi connectivity index (χ1) is 11.6. The van der Waals surface area contributed by atoms with Crippen molar-refractivity contribution in [3.8, 4) is 5.69 Å². The van der Waals surface area contributed by atoms with Crippen LogP contribution in [0, 0.1) is 0 Å². The van der Waals surface area contributed by atoms with Gasteiger partial charge in [0, 0.05) is 17.9 Å². The van der Waals surface area contributed by atoms with Crippen LogP contribution in [0.25, 0.3) is 5.69 Å². The van der Waals surface area contributed by atoms with Crippen molar-refractivity contribution < 1.29 is 17.7 Å². The maximum atomic E-state index is 11.8. The summed E-state index contributed by atoms with van der Waals surface area (Å²) in [5, 5.41) is 4.33. The lowest BCUT2D eigenvalue weighted by molar-refractivity contribution is 0.00578. The van der Waals surface area contributed by atoms with Crippen LogP contribution in [0.2, 0.25) is 0 Å². The molecule has 1 saturated heterocycles. The largest absolute Gasteiger partial charge is 0.498 e. The Kier molecular flexibility index (Phi) is 4.31. The Bertz CT molecular complexity index is 859. The standard InChI is InChI=1S/C16H22BN3O4S/c1-15(2)16(3,4)24-17(23-15)12-10-19-20(11-12)13-6-8-14(9-7-13)25(21,22)18-5/h6-11,18H,1-5H3. The normalized spacial score (nSPS) is 19.3. The van der Waals surface area contributed by atoms with Crippen LogP contribution in [-0.4, -0.2) is 43.6 Å². The Hall–Kier alpha value is -1.68. The number of hydrogen-bond acceptors (Lipinski definition) is 5. The summed E-state index contributed by atoms with van der Waals surface area (Å²) in [6.07, 6.45) is 3.52. The molecule has 2 aromatic rings. The minimum Gasteiger partial charge on any atom is -0.399 e. The maximum Gasteiger partial charge on any atom is 0.498 e. The van der Waals surface area contributed by atoms with Crippen LogP contribution >= 0.6 is 0 Å². The van der Waals surface area contributed by atoms with Crippen molar-refractivity contribution in [1.82, 2.24) is 14.5 Å². The second-order valence-electron chi connectivity index (χ2n) is 7.01. The van der Waals surface area contributed by atoms with Crippen LogP contribution in [-0.2, 0) is 19.3 Å². The topological polar surface area (TPSA) is 82.5 Å². The summed E-state index contributed by atoms with van der Waals surface area (Å²) in [6, 6.07) is 6.48. The highest BCUT2D eigenvalue weighted by Gasteiger charge is 2.52. The average Bonchev–Trinajstić information content (AvgIpc) is 3.11. The fourth-order valence-electron chi connectivity index (χ4n) is 2.47. The molecule has 0 bridgehead atoms. The molecule has 1 fully saturated rings. The number of benzene rings is 1. The third-order valence-electron chi connectivity index (χ3n) is 4.81. The molecule has 0 unspecified atom stereocenters. The van der Waals surface area contributed by atoms with Crippen LogP contribution < -0.4 is 10.2 Å². The van der Waals surface area contributed by atoms with E-state index in [2.05, 4.69) is 9.82 Å². The van der Waals surface area contributed by atoms with Gasteiger partial charge >= 0.3 is 7.12 Å². The van der Waals surface area contributed by atoms with Gasteiger partial charge in [-0.3, -0.25) is 0 Å². The van der Waals surface area contributed by atoms with Gasteiger partial charge < -0.3 is 9.31 Å². The van der Waals surface area contributed by atoms with Gasteiger partial charge in [0.1, 0.15) is 0 Å². The van der Waals surface area contributed by atoms with Crippen LogP contribution in [0.4, 0.5) is 0 Å². The molecule has 1 aromatic carbocycles. The highest BCUT2D eigenvalue weighted by atomic mass is 32.2. The molecule has 0 radical (unpaired) electrons. The van der Waals surface area contributed by atoms with Gasteiger partial charge in [-0.25, -0.2) is 17.8 Å². The molecule has 1 aliphatic heterocycles. The Labute approximate surface area is 148 Å². The highest BCUT2D eigenvalue weighted by molar-refractivity contribution is 7.89. The van der Waals surface area contributed by atoms with Crippen molar-refractivity contribution in [3.05, 3.63) is 36.7 Å². The maximum absolute atomic E-state index is 11.8. The minimum absolute atomic E-state index is 0.206. The molecule has 3 rings (SSSR count). The first-order valence-electron chi connectivity index (χ1n) is 8.00. The monoisotopic (exact) mass is 363 g/mol. The van der Waals surface area contributed by atoms with Crippen LogP contribution in [0.1, 0.15) is 27.7 Å². The predicted octanol–water partition coefficient (Wildman–Crippen LogP) is 1.08. The molecule has 0 spiro atoms. The molecule has 7 nitrogen and oxygen atoms in total. The summed E-state index contributed by atoms with van der Waals surface area (Å²) in [7, 11) is -2.55. The van der Waals surface area contributed by atoms with E-state index in [0.29, 0.717) is 0 Å². The number of aromatic nitrogens is 2. The lowest BCUT2D eigenvalue weighted by Gasteiger charge is -2.32. The Balaban J connectivity index is 1.83. The van der Waals surface area contributed by atoms with Crippen molar-refractivity contribution >= 4 is 22.6 Å². The lowest BCUT2D eigenvalue weighted by atomic mass is 9.82. The summed E-state index contributed by atoms with van der Waals surface area (Å²) >= 11 is 0. The van der Waals surface area contributed by atoms with Crippen molar-refractivity contribution in [2.24, 2.45) is 0 Å². The second kappa shape index (κ2) is 5.94. The Morgan fingerprint density at radius 1 is 1.08 bits per heavy atom. The van der Waals surface area contributed by atoms with E-state index in [-0.39, 0.29) is 4.90 Å². The molecule has 0 atom stereocenters. The van der Waals surface area contributed by atoms with Crippen molar-refractivity contribution in [3.63, 3.8) is 0 Å². The third-order valence-corrected chi connectivity index (χ3v) is 6.24. The van der Waals surface area contributed by atoms with Gasteiger partial charge in [-0.05, 0) is 59.0 Å². The van der Waals surface area contributed by atoms with Crippen LogP contribution in [0.15, 0.2) is 41.6 Å². The van der Waals surface area contributed by atoms with E-state index in [4.69, 9.17) is 9.31 Å². The van der Waals surface area contributed by atoms with Gasteiger partial charge in [0.15, 0.2) is 0 Å². The van der Waals surface area contributed by atoms with E-state index in [1.807, 2.05) is 33.9 Å². The van der Waals surface area contributed by atoms with Gasteiger partial charge in [-0.1, -0.05) is 0 Å². The van der Waals surface area contributed by atoms with E-state index in [1.165, 1.54) is 19.2 Å². The molecule has 0 amide bonds. The Morgan fingerprint density at radius 2 is 1.64 bits per heavy atom. The summed E-state index contributed by atoms with van der Waals surface area (Å²) in [5.74, 6) is 0. The lowest BCUT2D eigenvalue weighted by Crippen LogP contribution is -2.41. The smallest absolute Gasteiger partial charge is 0.399 e. The summed E-state index contributed by atoms with van der Waals surface area (Å²) < 4.78 is 39.5. The molecule has 1 aliphatic rings. The summed E-state index contributed by atoms with van der Waals surface area (Å²) in [6.45, 7) is 7.99. The second-order valence-corrected chi connectivity index (χ2v) is 8.89. The molecular formula is C16H22BN3O4S. The van der Waals surface area contributed by atoms with Gasteiger partial charge in [0.25, 0.3) is 0 Å². The zero-order chi connectivity index (χ0) is 18.5.